The number of rotatable bonds is 2. The van der Waals surface area contributed by atoms with Crippen molar-refractivity contribution in [3.8, 4) is 0 Å². The number of nitrogens with one attached hydrogen (secondary N) is 1. The molecule has 0 bridgehead atoms. The van der Waals surface area contributed by atoms with Gasteiger partial charge in [-0.2, -0.15) is 0 Å². The smallest absolute Gasteiger partial charge is 0.0703 e. The molecular weight excluding hydrogens is 246 g/mol. The standard InChI is InChI=1S/C14H17N3.ClH/c1-17(12-6-7-15-9-12)13-8-11-4-2-3-5-14(11)16-10-13;/h2-5,8,10,12,15H,6-7,9H2,1H3;1H/t12-;/m1./s1. The van der Waals surface area contributed by atoms with Crippen molar-refractivity contribution in [2.75, 3.05) is 25.0 Å². The van der Waals surface area contributed by atoms with Crippen LogP contribution < -0.4 is 10.2 Å². The molecule has 1 saturated heterocycles. The fourth-order valence-corrected chi connectivity index (χ4v) is 2.43. The average Bonchev–Trinajstić information content (AvgIpc) is 2.91. The van der Waals surface area contributed by atoms with E-state index in [-0.39, 0.29) is 12.4 Å². The van der Waals surface area contributed by atoms with Crippen molar-refractivity contribution >= 4 is 29.0 Å². The summed E-state index contributed by atoms with van der Waals surface area (Å²) in [7, 11) is 2.16. The van der Waals surface area contributed by atoms with Crippen molar-refractivity contribution in [1.82, 2.24) is 10.3 Å². The third-order valence-corrected chi connectivity index (χ3v) is 3.57. The van der Waals surface area contributed by atoms with Crippen LogP contribution in [0.3, 0.4) is 0 Å². The molecule has 0 amide bonds. The highest BCUT2D eigenvalue weighted by atomic mass is 35.5. The second-order valence-electron chi connectivity index (χ2n) is 4.64. The number of benzene rings is 1. The van der Waals surface area contributed by atoms with E-state index in [9.17, 15) is 0 Å². The van der Waals surface area contributed by atoms with Gasteiger partial charge in [-0.3, -0.25) is 4.98 Å². The Morgan fingerprint density at radius 2 is 2.17 bits per heavy atom. The predicted molar refractivity (Wildman–Crippen MR) is 78.7 cm³/mol. The summed E-state index contributed by atoms with van der Waals surface area (Å²) >= 11 is 0. The van der Waals surface area contributed by atoms with E-state index in [1.54, 1.807) is 0 Å². The van der Waals surface area contributed by atoms with E-state index in [0.717, 1.165) is 18.6 Å². The Labute approximate surface area is 114 Å². The van der Waals surface area contributed by atoms with Gasteiger partial charge in [-0.15, -0.1) is 12.4 Å². The zero-order chi connectivity index (χ0) is 11.7. The van der Waals surface area contributed by atoms with Crippen molar-refractivity contribution in [3.05, 3.63) is 36.5 Å². The van der Waals surface area contributed by atoms with Gasteiger partial charge in [0.15, 0.2) is 0 Å². The normalized spacial score (nSPS) is 18.6. The number of hydrogen-bond donors (Lipinski definition) is 1. The first-order chi connectivity index (χ1) is 8.34. The number of anilines is 1. The first kappa shape index (κ1) is 13.1. The highest BCUT2D eigenvalue weighted by Gasteiger charge is 2.19. The molecule has 1 aromatic heterocycles. The van der Waals surface area contributed by atoms with Gasteiger partial charge in [0.25, 0.3) is 0 Å². The summed E-state index contributed by atoms with van der Waals surface area (Å²) in [4.78, 5) is 6.84. The van der Waals surface area contributed by atoms with Gasteiger partial charge in [0, 0.05) is 25.0 Å². The van der Waals surface area contributed by atoms with Crippen LogP contribution >= 0.6 is 12.4 Å². The number of hydrogen-bond acceptors (Lipinski definition) is 3. The summed E-state index contributed by atoms with van der Waals surface area (Å²) in [5, 5.41) is 4.61. The van der Waals surface area contributed by atoms with Gasteiger partial charge in [0.2, 0.25) is 0 Å². The van der Waals surface area contributed by atoms with E-state index >= 15 is 0 Å². The van der Waals surface area contributed by atoms with E-state index in [0.29, 0.717) is 6.04 Å². The number of likely N-dealkylation sites (N-methyl/N-ethyl adjacent to an activating group) is 1. The monoisotopic (exact) mass is 263 g/mol. The van der Waals surface area contributed by atoms with E-state index < -0.39 is 0 Å². The molecule has 0 spiro atoms. The van der Waals surface area contributed by atoms with Crippen LogP contribution in [0, 0.1) is 0 Å². The van der Waals surface area contributed by atoms with Gasteiger partial charge in [0.05, 0.1) is 17.4 Å². The lowest BCUT2D eigenvalue weighted by atomic mass is 10.1. The molecule has 3 nitrogen and oxygen atoms in total. The Kier molecular flexibility index (Phi) is 4.04. The number of aromatic nitrogens is 1. The first-order valence-electron chi connectivity index (χ1n) is 6.13. The van der Waals surface area contributed by atoms with Crippen LogP contribution in [0.2, 0.25) is 0 Å². The molecule has 0 aliphatic carbocycles. The molecule has 2 aromatic rings. The van der Waals surface area contributed by atoms with E-state index in [2.05, 4.69) is 46.5 Å². The Hall–Kier alpha value is -1.32. The van der Waals surface area contributed by atoms with E-state index in [4.69, 9.17) is 0 Å². The summed E-state index contributed by atoms with van der Waals surface area (Å²) in [6.07, 6.45) is 3.18. The van der Waals surface area contributed by atoms with Crippen LogP contribution in [0.1, 0.15) is 6.42 Å². The fourth-order valence-electron chi connectivity index (χ4n) is 2.43. The number of halogens is 1. The van der Waals surface area contributed by atoms with Crippen molar-refractivity contribution in [2.24, 2.45) is 0 Å². The third-order valence-electron chi connectivity index (χ3n) is 3.57. The lowest BCUT2D eigenvalue weighted by Crippen LogP contribution is -2.33. The minimum absolute atomic E-state index is 0. The van der Waals surface area contributed by atoms with Crippen LogP contribution in [0.25, 0.3) is 10.9 Å². The maximum Gasteiger partial charge on any atom is 0.0703 e. The number of para-hydroxylation sites is 1. The van der Waals surface area contributed by atoms with Crippen LogP contribution in [0.4, 0.5) is 5.69 Å². The molecule has 1 aromatic carbocycles. The Morgan fingerprint density at radius 3 is 2.94 bits per heavy atom. The summed E-state index contributed by atoms with van der Waals surface area (Å²) < 4.78 is 0. The van der Waals surface area contributed by atoms with Gasteiger partial charge in [-0.1, -0.05) is 18.2 Å². The molecule has 1 aliphatic rings. The molecule has 4 heteroatoms. The lowest BCUT2D eigenvalue weighted by Gasteiger charge is -2.25. The van der Waals surface area contributed by atoms with Gasteiger partial charge in [0.1, 0.15) is 0 Å². The Balaban J connectivity index is 0.00000120. The van der Waals surface area contributed by atoms with Crippen molar-refractivity contribution < 1.29 is 0 Å². The molecule has 3 rings (SSSR count). The summed E-state index contributed by atoms with van der Waals surface area (Å²) in [6.45, 7) is 2.19. The molecule has 1 aliphatic heterocycles. The molecule has 18 heavy (non-hydrogen) atoms. The Morgan fingerprint density at radius 1 is 1.33 bits per heavy atom. The quantitative estimate of drug-likeness (QED) is 0.902. The van der Waals surface area contributed by atoms with Crippen molar-refractivity contribution in [2.45, 2.75) is 12.5 Å². The molecular formula is C14H18ClN3. The highest BCUT2D eigenvalue weighted by Crippen LogP contribution is 2.21. The first-order valence-corrected chi connectivity index (χ1v) is 6.13. The summed E-state index contributed by atoms with van der Waals surface area (Å²) in [5.74, 6) is 0. The third kappa shape index (κ3) is 2.42. The summed E-state index contributed by atoms with van der Waals surface area (Å²) in [5.41, 5.74) is 2.27. The van der Waals surface area contributed by atoms with Crippen LogP contribution in [-0.2, 0) is 0 Å². The maximum atomic E-state index is 4.51. The van der Waals surface area contributed by atoms with Crippen LogP contribution in [0.15, 0.2) is 36.5 Å². The van der Waals surface area contributed by atoms with Crippen LogP contribution in [-0.4, -0.2) is 31.2 Å². The van der Waals surface area contributed by atoms with Crippen molar-refractivity contribution in [1.29, 1.82) is 0 Å². The minimum Gasteiger partial charge on any atom is -0.369 e. The molecule has 0 radical (unpaired) electrons. The predicted octanol–water partition coefficient (Wildman–Crippen LogP) is 2.45. The lowest BCUT2D eigenvalue weighted by molar-refractivity contribution is 0.685. The molecule has 0 saturated carbocycles. The minimum atomic E-state index is 0. The van der Waals surface area contributed by atoms with E-state index in [1.807, 2.05) is 12.3 Å². The maximum absolute atomic E-state index is 4.51. The molecule has 0 unspecified atom stereocenters. The average molecular weight is 264 g/mol. The second kappa shape index (κ2) is 5.55. The topological polar surface area (TPSA) is 28.2 Å². The van der Waals surface area contributed by atoms with Gasteiger partial charge >= 0.3 is 0 Å². The molecule has 2 heterocycles. The summed E-state index contributed by atoms with van der Waals surface area (Å²) in [6, 6.07) is 11.1. The zero-order valence-corrected chi connectivity index (χ0v) is 11.3. The molecule has 1 N–H and O–H groups in total. The van der Waals surface area contributed by atoms with Gasteiger partial charge < -0.3 is 10.2 Å². The Bertz CT molecular complexity index is 523. The fraction of sp³-hybridized carbons (Fsp3) is 0.357. The van der Waals surface area contributed by atoms with Crippen molar-refractivity contribution in [3.63, 3.8) is 0 Å². The van der Waals surface area contributed by atoms with Crippen LogP contribution in [0.5, 0.6) is 0 Å². The van der Waals surface area contributed by atoms with Gasteiger partial charge in [-0.05, 0) is 25.1 Å². The largest absolute Gasteiger partial charge is 0.369 e. The van der Waals surface area contributed by atoms with E-state index in [1.165, 1.54) is 17.5 Å². The number of fused-ring (bicyclic) bond motifs is 1. The molecule has 1 atom stereocenters. The van der Waals surface area contributed by atoms with Gasteiger partial charge in [-0.25, -0.2) is 0 Å². The highest BCUT2D eigenvalue weighted by molar-refractivity contribution is 5.85. The zero-order valence-electron chi connectivity index (χ0n) is 10.5. The molecule has 96 valence electrons. The number of pyridine rings is 1. The molecule has 1 fully saturated rings. The SMILES string of the molecule is CN(c1cnc2ccccc2c1)[C@@H]1CCNC1.Cl. The second-order valence-corrected chi connectivity index (χ2v) is 4.64. The number of nitrogens with zero attached hydrogens (tertiary/aromatic N) is 2.